The third-order valence-corrected chi connectivity index (χ3v) is 6.81. The first-order valence-electron chi connectivity index (χ1n) is 9.24. The van der Waals surface area contributed by atoms with Crippen LogP contribution in [-0.2, 0) is 17.6 Å². The lowest BCUT2D eigenvalue weighted by atomic mass is 9.96. The number of thiophene rings is 1. The largest absolute Gasteiger partial charge is 0.317 e. The van der Waals surface area contributed by atoms with Crippen molar-refractivity contribution in [3.63, 3.8) is 0 Å². The van der Waals surface area contributed by atoms with Gasteiger partial charge in [-0.05, 0) is 52.0 Å². The van der Waals surface area contributed by atoms with E-state index in [0.29, 0.717) is 38.4 Å². The highest BCUT2D eigenvalue weighted by atomic mass is 32.2. The molecule has 0 unspecified atom stereocenters. The molecule has 0 spiro atoms. The number of rotatable bonds is 6. The maximum absolute atomic E-state index is 12.4. The molecule has 146 valence electrons. The van der Waals surface area contributed by atoms with Gasteiger partial charge in [-0.25, -0.2) is 9.97 Å². The molecular formula is C20H22N4O2S2. The number of aromatic nitrogens is 2. The fraction of sp³-hybridized carbons (Fsp3) is 0.450. The predicted molar refractivity (Wildman–Crippen MR) is 111 cm³/mol. The van der Waals surface area contributed by atoms with E-state index < -0.39 is 0 Å². The quantitative estimate of drug-likeness (QED) is 0.432. The second-order valence-electron chi connectivity index (χ2n) is 6.77. The van der Waals surface area contributed by atoms with Crippen LogP contribution in [0.25, 0.3) is 0 Å². The van der Waals surface area contributed by atoms with Gasteiger partial charge in [0.2, 0.25) is 5.91 Å². The molecule has 0 bridgehead atoms. The zero-order chi connectivity index (χ0) is 20.3. The monoisotopic (exact) mass is 414 g/mol. The summed E-state index contributed by atoms with van der Waals surface area (Å²) in [5.41, 5.74) is 2.92. The minimum Gasteiger partial charge on any atom is -0.317 e. The van der Waals surface area contributed by atoms with Gasteiger partial charge in [-0.15, -0.1) is 23.1 Å². The number of anilines is 1. The molecule has 3 rings (SSSR count). The number of carbonyl (C=O) groups excluding carboxylic acids is 2. The summed E-state index contributed by atoms with van der Waals surface area (Å²) in [6.45, 7) is 5.08. The van der Waals surface area contributed by atoms with Crippen LogP contribution in [0.2, 0.25) is 0 Å². The number of aryl methyl sites for hydroxylation is 3. The van der Waals surface area contributed by atoms with Crippen LogP contribution >= 0.6 is 23.1 Å². The Balaban J connectivity index is 1.64. The predicted octanol–water partition coefficient (Wildman–Crippen LogP) is 4.23. The number of thioether (sulfide) groups is 1. The molecule has 0 saturated carbocycles. The van der Waals surface area contributed by atoms with Crippen molar-refractivity contribution in [2.45, 2.75) is 57.9 Å². The molecule has 0 saturated heterocycles. The van der Waals surface area contributed by atoms with Gasteiger partial charge in [-0.1, -0.05) is 0 Å². The number of hydrogen-bond donors (Lipinski definition) is 1. The summed E-state index contributed by atoms with van der Waals surface area (Å²) in [6.07, 6.45) is 4.41. The Morgan fingerprint density at radius 2 is 2.00 bits per heavy atom. The molecule has 1 aliphatic carbocycles. The number of hydrogen-bond acceptors (Lipinski definition) is 7. The van der Waals surface area contributed by atoms with Gasteiger partial charge < -0.3 is 5.32 Å². The topological polar surface area (TPSA) is 95.7 Å². The highest BCUT2D eigenvalue weighted by Gasteiger charge is 2.22. The van der Waals surface area contributed by atoms with Gasteiger partial charge >= 0.3 is 0 Å². The number of ketones is 1. The van der Waals surface area contributed by atoms with Crippen molar-refractivity contribution in [3.8, 4) is 6.07 Å². The Morgan fingerprint density at radius 3 is 2.71 bits per heavy atom. The van der Waals surface area contributed by atoms with Gasteiger partial charge in [0, 0.05) is 17.1 Å². The van der Waals surface area contributed by atoms with Gasteiger partial charge in [0.05, 0.1) is 16.8 Å². The fourth-order valence-electron chi connectivity index (χ4n) is 3.39. The van der Waals surface area contributed by atoms with E-state index in [9.17, 15) is 14.9 Å². The van der Waals surface area contributed by atoms with E-state index in [-0.39, 0.29) is 18.1 Å². The number of Topliss-reactive ketones (excluding diaryl/α,β-unsaturated/α-hetero) is 1. The van der Waals surface area contributed by atoms with Gasteiger partial charge in [0.25, 0.3) is 0 Å². The van der Waals surface area contributed by atoms with Crippen LogP contribution in [0.5, 0.6) is 0 Å². The van der Waals surface area contributed by atoms with Crippen LogP contribution in [0.4, 0.5) is 5.00 Å². The van der Waals surface area contributed by atoms with E-state index in [1.54, 1.807) is 13.8 Å². The molecular weight excluding hydrogens is 392 g/mol. The van der Waals surface area contributed by atoms with Crippen LogP contribution in [0, 0.1) is 25.2 Å². The van der Waals surface area contributed by atoms with Crippen LogP contribution in [0.15, 0.2) is 5.03 Å². The summed E-state index contributed by atoms with van der Waals surface area (Å²) in [5.74, 6) is 0.897. The molecule has 1 N–H and O–H groups in total. The van der Waals surface area contributed by atoms with Crippen LogP contribution < -0.4 is 5.32 Å². The van der Waals surface area contributed by atoms with Crippen molar-refractivity contribution < 1.29 is 9.59 Å². The van der Waals surface area contributed by atoms with E-state index >= 15 is 0 Å². The summed E-state index contributed by atoms with van der Waals surface area (Å²) >= 11 is 2.91. The molecule has 0 atom stereocenters. The van der Waals surface area contributed by atoms with E-state index in [0.717, 1.165) is 31.2 Å². The molecule has 0 aliphatic heterocycles. The van der Waals surface area contributed by atoms with Crippen LogP contribution in [-0.4, -0.2) is 27.4 Å². The van der Waals surface area contributed by atoms with Crippen LogP contribution in [0.1, 0.15) is 64.1 Å². The minimum absolute atomic E-state index is 0.0766. The third kappa shape index (κ3) is 4.42. The lowest BCUT2D eigenvalue weighted by molar-refractivity contribution is -0.115. The summed E-state index contributed by atoms with van der Waals surface area (Å²) < 4.78 is 0. The lowest BCUT2D eigenvalue weighted by Crippen LogP contribution is -2.13. The highest BCUT2D eigenvalue weighted by molar-refractivity contribution is 7.99. The number of nitrogens with zero attached hydrogens (tertiary/aromatic N) is 3. The Labute approximate surface area is 172 Å². The van der Waals surface area contributed by atoms with Crippen molar-refractivity contribution in [1.82, 2.24) is 9.97 Å². The van der Waals surface area contributed by atoms with E-state index in [2.05, 4.69) is 21.4 Å². The normalized spacial score (nSPS) is 12.9. The molecule has 0 aromatic carbocycles. The van der Waals surface area contributed by atoms with Gasteiger partial charge in [0.15, 0.2) is 5.78 Å². The third-order valence-electron chi connectivity index (χ3n) is 4.62. The van der Waals surface area contributed by atoms with Gasteiger partial charge in [-0.3, -0.25) is 9.59 Å². The molecule has 1 amide bonds. The number of nitrogens with one attached hydrogen (secondary N) is 1. The number of fused-ring (bicyclic) bond motifs is 1. The van der Waals surface area contributed by atoms with E-state index in [1.807, 2.05) is 0 Å². The summed E-state index contributed by atoms with van der Waals surface area (Å²) in [5, 5.41) is 13.7. The molecule has 1 aliphatic rings. The SMILES string of the molecule is CC(=O)c1c(C)nc(C)nc1SCCC(=O)Nc1sc2c(c1C#N)CCCC2. The Bertz CT molecular complexity index is 976. The first kappa shape index (κ1) is 20.5. The molecule has 0 radical (unpaired) electrons. The van der Waals surface area contributed by atoms with Crippen molar-refractivity contribution in [3.05, 3.63) is 33.1 Å². The zero-order valence-corrected chi connectivity index (χ0v) is 17.9. The molecule has 2 aromatic heterocycles. The standard InChI is InChI=1S/C20H22N4O2S2/c1-11-18(12(2)25)20(23-13(3)22-11)27-9-8-17(26)24-19-15(10-21)14-6-4-5-7-16(14)28-19/h4-9H2,1-3H3,(H,24,26). The van der Waals surface area contributed by atoms with E-state index in [1.165, 1.54) is 34.9 Å². The molecule has 8 heteroatoms. The summed E-state index contributed by atoms with van der Waals surface area (Å²) in [7, 11) is 0. The lowest BCUT2D eigenvalue weighted by Gasteiger charge is -2.10. The summed E-state index contributed by atoms with van der Waals surface area (Å²) in [4.78, 5) is 34.2. The first-order valence-corrected chi connectivity index (χ1v) is 11.0. The fourth-order valence-corrected chi connectivity index (χ4v) is 5.76. The molecule has 6 nitrogen and oxygen atoms in total. The first-order chi connectivity index (χ1) is 13.4. The number of nitriles is 1. The zero-order valence-electron chi connectivity index (χ0n) is 16.2. The Morgan fingerprint density at radius 1 is 1.25 bits per heavy atom. The average molecular weight is 415 g/mol. The maximum Gasteiger partial charge on any atom is 0.225 e. The van der Waals surface area contributed by atoms with Crippen molar-refractivity contribution >= 4 is 39.8 Å². The van der Waals surface area contributed by atoms with Gasteiger partial charge in [-0.2, -0.15) is 5.26 Å². The average Bonchev–Trinajstić information content (AvgIpc) is 2.97. The molecule has 0 fully saturated rings. The van der Waals surface area contributed by atoms with Crippen molar-refractivity contribution in [1.29, 1.82) is 5.26 Å². The van der Waals surface area contributed by atoms with Gasteiger partial charge in [0.1, 0.15) is 21.9 Å². The van der Waals surface area contributed by atoms with E-state index in [4.69, 9.17) is 0 Å². The number of amides is 1. The second kappa shape index (κ2) is 8.84. The van der Waals surface area contributed by atoms with Crippen molar-refractivity contribution in [2.24, 2.45) is 0 Å². The second-order valence-corrected chi connectivity index (χ2v) is 8.95. The van der Waals surface area contributed by atoms with Crippen molar-refractivity contribution in [2.75, 3.05) is 11.1 Å². The molecule has 2 heterocycles. The molecule has 2 aromatic rings. The number of carbonyl (C=O) groups is 2. The minimum atomic E-state index is -0.130. The summed E-state index contributed by atoms with van der Waals surface area (Å²) in [6, 6.07) is 2.26. The Kier molecular flexibility index (Phi) is 6.47. The smallest absolute Gasteiger partial charge is 0.225 e. The highest BCUT2D eigenvalue weighted by Crippen LogP contribution is 2.37. The van der Waals surface area contributed by atoms with Crippen LogP contribution in [0.3, 0.4) is 0 Å². The molecule has 28 heavy (non-hydrogen) atoms. The maximum atomic E-state index is 12.4. The Hall–Kier alpha value is -2.24.